The Hall–Kier alpha value is -3.97. The molecule has 0 radical (unpaired) electrons. The third-order valence-corrected chi connectivity index (χ3v) is 5.41. The van der Waals surface area contributed by atoms with E-state index in [0.717, 1.165) is 27.6 Å². The molecule has 1 N–H and O–H groups in total. The Morgan fingerprint density at radius 2 is 1.78 bits per heavy atom. The number of thiazole rings is 1. The van der Waals surface area contributed by atoms with Crippen LogP contribution in [-0.2, 0) is 11.2 Å². The number of methoxy groups -OCH3 is 1. The lowest BCUT2D eigenvalue weighted by atomic mass is 10.2. The molecule has 1 aromatic heterocycles. The fourth-order valence-corrected chi connectivity index (χ4v) is 3.75. The molecule has 0 saturated carbocycles. The van der Waals surface area contributed by atoms with Gasteiger partial charge in [0.2, 0.25) is 5.91 Å². The van der Waals surface area contributed by atoms with Crippen molar-refractivity contribution in [1.29, 1.82) is 0 Å². The second-order valence-corrected chi connectivity index (χ2v) is 7.69. The Balaban J connectivity index is 1.31. The first kappa shape index (κ1) is 21.3. The highest BCUT2D eigenvalue weighted by Gasteiger charge is 2.08. The number of amides is 1. The number of hydrazone groups is 1. The molecule has 160 valence electrons. The van der Waals surface area contributed by atoms with Crippen molar-refractivity contribution in [3.8, 4) is 27.8 Å². The second-order valence-electron chi connectivity index (χ2n) is 6.83. The van der Waals surface area contributed by atoms with Crippen molar-refractivity contribution in [3.63, 3.8) is 0 Å². The molecule has 4 aromatic rings. The maximum absolute atomic E-state index is 12.2. The lowest BCUT2D eigenvalue weighted by molar-refractivity contribution is -0.120. The van der Waals surface area contributed by atoms with Crippen LogP contribution in [0.1, 0.15) is 11.3 Å². The number of nitrogens with zero attached hydrogens (tertiary/aromatic N) is 2. The van der Waals surface area contributed by atoms with E-state index in [-0.39, 0.29) is 12.3 Å². The molecule has 0 aliphatic carbocycles. The first-order chi connectivity index (χ1) is 15.7. The number of aromatic nitrogens is 1. The zero-order valence-corrected chi connectivity index (χ0v) is 18.2. The van der Waals surface area contributed by atoms with E-state index in [4.69, 9.17) is 9.47 Å². The number of ether oxygens (including phenoxy) is 2. The summed E-state index contributed by atoms with van der Waals surface area (Å²) in [6, 6.07) is 24.7. The lowest BCUT2D eigenvalue weighted by Crippen LogP contribution is -2.19. The summed E-state index contributed by atoms with van der Waals surface area (Å²) in [5.74, 6) is 1.91. The molecule has 0 aliphatic heterocycles. The average molecular weight is 444 g/mol. The molecule has 0 aliphatic rings. The van der Waals surface area contributed by atoms with Gasteiger partial charge >= 0.3 is 0 Å². The standard InChI is InChI=1S/C25H21N3O3S/c1-30-21-10-12-22(13-11-21)31-23-9-5-6-18(14-23)16-26-28-24(29)15-20-17-32-25(27-20)19-7-3-2-4-8-19/h2-14,16-17H,15H2,1H3,(H,28,29)/b26-16+. The number of carbonyl (C=O) groups excluding carboxylic acids is 1. The molecule has 0 spiro atoms. The highest BCUT2D eigenvalue weighted by atomic mass is 32.1. The molecule has 4 rings (SSSR count). The molecule has 0 bridgehead atoms. The molecule has 3 aromatic carbocycles. The quantitative estimate of drug-likeness (QED) is 0.296. The van der Waals surface area contributed by atoms with Gasteiger partial charge in [0, 0.05) is 10.9 Å². The van der Waals surface area contributed by atoms with Crippen LogP contribution >= 0.6 is 11.3 Å². The van der Waals surface area contributed by atoms with Crippen LogP contribution in [0.15, 0.2) is 89.3 Å². The Kier molecular flexibility index (Phi) is 6.89. The van der Waals surface area contributed by atoms with Crippen LogP contribution < -0.4 is 14.9 Å². The number of nitrogens with one attached hydrogen (secondary N) is 1. The summed E-state index contributed by atoms with van der Waals surface area (Å²) in [6.07, 6.45) is 1.75. The van der Waals surface area contributed by atoms with Crippen LogP contribution in [0, 0.1) is 0 Å². The third kappa shape index (κ3) is 5.80. The van der Waals surface area contributed by atoms with E-state index in [9.17, 15) is 4.79 Å². The lowest BCUT2D eigenvalue weighted by Gasteiger charge is -2.07. The van der Waals surface area contributed by atoms with Crippen molar-refractivity contribution in [2.24, 2.45) is 5.10 Å². The summed E-state index contributed by atoms with van der Waals surface area (Å²) in [7, 11) is 1.62. The average Bonchev–Trinajstić information content (AvgIpc) is 3.29. The molecule has 0 fully saturated rings. The number of benzene rings is 3. The molecule has 7 heteroatoms. The zero-order chi connectivity index (χ0) is 22.2. The summed E-state index contributed by atoms with van der Waals surface area (Å²) in [5, 5.41) is 6.84. The highest BCUT2D eigenvalue weighted by Crippen LogP contribution is 2.25. The van der Waals surface area contributed by atoms with Gasteiger partial charge in [-0.3, -0.25) is 4.79 Å². The van der Waals surface area contributed by atoms with E-state index in [1.807, 2.05) is 84.2 Å². The molecule has 0 saturated heterocycles. The van der Waals surface area contributed by atoms with Gasteiger partial charge in [-0.1, -0.05) is 42.5 Å². The van der Waals surface area contributed by atoms with Crippen LogP contribution in [0.5, 0.6) is 17.2 Å². The second kappa shape index (κ2) is 10.4. The minimum Gasteiger partial charge on any atom is -0.497 e. The van der Waals surface area contributed by atoms with Crippen LogP contribution in [0.4, 0.5) is 0 Å². The minimum absolute atomic E-state index is 0.168. The van der Waals surface area contributed by atoms with E-state index < -0.39 is 0 Å². The van der Waals surface area contributed by atoms with Gasteiger partial charge in [0.25, 0.3) is 0 Å². The van der Waals surface area contributed by atoms with Gasteiger partial charge in [0.05, 0.1) is 25.4 Å². The molecule has 1 amide bonds. The van der Waals surface area contributed by atoms with Gasteiger partial charge in [0.1, 0.15) is 22.3 Å². The van der Waals surface area contributed by atoms with Crippen LogP contribution in [-0.4, -0.2) is 24.2 Å². The molecule has 32 heavy (non-hydrogen) atoms. The predicted octanol–water partition coefficient (Wildman–Crippen LogP) is 5.30. The Labute approximate surface area is 190 Å². The van der Waals surface area contributed by atoms with Crippen molar-refractivity contribution < 1.29 is 14.3 Å². The van der Waals surface area contributed by atoms with E-state index in [1.54, 1.807) is 13.3 Å². The summed E-state index contributed by atoms with van der Waals surface area (Å²) < 4.78 is 11.0. The number of carbonyl (C=O) groups is 1. The Morgan fingerprint density at radius 3 is 2.56 bits per heavy atom. The van der Waals surface area contributed by atoms with E-state index >= 15 is 0 Å². The Bertz CT molecular complexity index is 1200. The Morgan fingerprint density at radius 1 is 1.00 bits per heavy atom. The molecule has 0 unspecified atom stereocenters. The fourth-order valence-electron chi connectivity index (χ4n) is 2.92. The van der Waals surface area contributed by atoms with Gasteiger partial charge < -0.3 is 9.47 Å². The summed E-state index contributed by atoms with van der Waals surface area (Å²) in [5.41, 5.74) is 5.11. The number of hydrogen-bond acceptors (Lipinski definition) is 6. The highest BCUT2D eigenvalue weighted by molar-refractivity contribution is 7.13. The smallest absolute Gasteiger partial charge is 0.246 e. The van der Waals surface area contributed by atoms with Gasteiger partial charge in [-0.05, 0) is 42.0 Å². The maximum atomic E-state index is 12.2. The van der Waals surface area contributed by atoms with Crippen molar-refractivity contribution in [2.45, 2.75) is 6.42 Å². The predicted molar refractivity (Wildman–Crippen MR) is 127 cm³/mol. The van der Waals surface area contributed by atoms with Crippen molar-refractivity contribution in [2.75, 3.05) is 7.11 Å². The van der Waals surface area contributed by atoms with Crippen LogP contribution in [0.25, 0.3) is 10.6 Å². The van der Waals surface area contributed by atoms with E-state index in [2.05, 4.69) is 15.5 Å². The monoisotopic (exact) mass is 443 g/mol. The maximum Gasteiger partial charge on any atom is 0.246 e. The minimum atomic E-state index is -0.225. The zero-order valence-electron chi connectivity index (χ0n) is 17.4. The first-order valence-corrected chi connectivity index (χ1v) is 10.8. The topological polar surface area (TPSA) is 72.8 Å². The molecule has 0 atom stereocenters. The van der Waals surface area contributed by atoms with E-state index in [0.29, 0.717) is 11.5 Å². The van der Waals surface area contributed by atoms with Crippen LogP contribution in [0.2, 0.25) is 0 Å². The SMILES string of the molecule is COc1ccc(Oc2cccc(/C=N/NC(=O)Cc3csc(-c4ccccc4)n3)c2)cc1. The van der Waals surface area contributed by atoms with Crippen molar-refractivity contribution in [3.05, 3.63) is 95.5 Å². The largest absolute Gasteiger partial charge is 0.497 e. The third-order valence-electron chi connectivity index (χ3n) is 4.47. The summed E-state index contributed by atoms with van der Waals surface area (Å²) in [4.78, 5) is 16.7. The van der Waals surface area contributed by atoms with Gasteiger partial charge in [-0.25, -0.2) is 10.4 Å². The summed E-state index contributed by atoms with van der Waals surface area (Å²) >= 11 is 1.52. The normalized spacial score (nSPS) is 10.8. The molecule has 1 heterocycles. The number of rotatable bonds is 8. The summed E-state index contributed by atoms with van der Waals surface area (Å²) in [6.45, 7) is 0. The molecule has 6 nitrogen and oxygen atoms in total. The fraction of sp³-hybridized carbons (Fsp3) is 0.0800. The molecular formula is C25H21N3O3S. The van der Waals surface area contributed by atoms with Crippen LogP contribution in [0.3, 0.4) is 0 Å². The van der Waals surface area contributed by atoms with Gasteiger partial charge in [0.15, 0.2) is 0 Å². The van der Waals surface area contributed by atoms with Crippen molar-refractivity contribution >= 4 is 23.5 Å². The molecular weight excluding hydrogens is 422 g/mol. The number of hydrogen-bond donors (Lipinski definition) is 1. The van der Waals surface area contributed by atoms with Crippen molar-refractivity contribution in [1.82, 2.24) is 10.4 Å². The van der Waals surface area contributed by atoms with Gasteiger partial charge in [-0.15, -0.1) is 11.3 Å². The van der Waals surface area contributed by atoms with Gasteiger partial charge in [-0.2, -0.15) is 5.10 Å². The first-order valence-electron chi connectivity index (χ1n) is 9.93. The van der Waals surface area contributed by atoms with E-state index in [1.165, 1.54) is 11.3 Å².